The first-order chi connectivity index (χ1) is 17.8. The highest BCUT2D eigenvalue weighted by Crippen LogP contribution is 2.31. The molecule has 2 aromatic carbocycles. The van der Waals surface area contributed by atoms with Gasteiger partial charge < -0.3 is 16.0 Å². The van der Waals surface area contributed by atoms with Crippen molar-refractivity contribution in [1.82, 2.24) is 15.5 Å². The molecule has 0 unspecified atom stereocenters. The molecule has 3 amide bonds. The van der Waals surface area contributed by atoms with E-state index in [0.717, 1.165) is 5.56 Å². The molecule has 5 rings (SSSR count). The number of rotatable bonds is 7. The number of carbonyl (C=O) groups excluding carboxylic acids is 3. The number of nitrogens with one attached hydrogen (secondary N) is 4. The van der Waals surface area contributed by atoms with Gasteiger partial charge in [0, 0.05) is 0 Å². The van der Waals surface area contributed by atoms with Crippen molar-refractivity contribution in [3.63, 3.8) is 0 Å². The Labute approximate surface area is 220 Å². The third kappa shape index (κ3) is 5.16. The zero-order valence-electron chi connectivity index (χ0n) is 20.0. The van der Waals surface area contributed by atoms with Crippen LogP contribution in [0.4, 0.5) is 11.5 Å². The molecular weight excluding hydrogens is 506 g/mol. The lowest BCUT2D eigenvalue weighted by molar-refractivity contribution is 0.0915. The van der Waals surface area contributed by atoms with Gasteiger partial charge in [-0.2, -0.15) is 5.10 Å². The fraction of sp³-hybridized carbons (Fsp3) is 0.111. The van der Waals surface area contributed by atoms with Crippen LogP contribution in [0.15, 0.2) is 78.2 Å². The molecule has 0 atom stereocenters. The third-order valence-electron chi connectivity index (χ3n) is 5.80. The second-order valence-electron chi connectivity index (χ2n) is 8.80. The number of benzene rings is 2. The van der Waals surface area contributed by atoms with Crippen molar-refractivity contribution in [3.8, 4) is 0 Å². The highest BCUT2D eigenvalue weighted by molar-refractivity contribution is 7.20. The molecule has 3 aromatic heterocycles. The van der Waals surface area contributed by atoms with Crippen LogP contribution < -0.4 is 16.0 Å². The number of nitrogens with zero attached hydrogens (tertiary/aromatic N) is 1. The van der Waals surface area contributed by atoms with Crippen LogP contribution >= 0.6 is 22.7 Å². The summed E-state index contributed by atoms with van der Waals surface area (Å²) in [5.41, 5.74) is 1.10. The van der Waals surface area contributed by atoms with Crippen LogP contribution in [0.2, 0.25) is 0 Å². The van der Waals surface area contributed by atoms with E-state index in [-0.39, 0.29) is 11.8 Å². The van der Waals surface area contributed by atoms with Crippen LogP contribution in [0.1, 0.15) is 49.1 Å². The smallest absolute Gasteiger partial charge is 0.265 e. The maximum atomic E-state index is 13.1. The standard InChI is InChI=1S/C27H23N5O3S2/c1-27(2,16-9-4-3-5-10-16)30-25(35)21-15-18-22(31-32-26(18)37-21)29-23(33)17-11-6-7-12-19(17)28-24(34)20-13-8-14-36-20/h3-15H,1-2H3,(H,28,34)(H,30,35)(H2,29,31,32,33). The highest BCUT2D eigenvalue weighted by atomic mass is 32.1. The first kappa shape index (κ1) is 24.4. The summed E-state index contributed by atoms with van der Waals surface area (Å²) in [6.45, 7) is 3.89. The van der Waals surface area contributed by atoms with Crippen molar-refractivity contribution in [3.05, 3.63) is 99.1 Å². The van der Waals surface area contributed by atoms with Crippen LogP contribution in [0.25, 0.3) is 10.2 Å². The molecule has 0 saturated carbocycles. The molecule has 0 spiro atoms. The van der Waals surface area contributed by atoms with Gasteiger partial charge in [0.1, 0.15) is 4.83 Å². The van der Waals surface area contributed by atoms with Crippen LogP contribution in [0.3, 0.4) is 0 Å². The molecule has 0 bridgehead atoms. The van der Waals surface area contributed by atoms with Gasteiger partial charge in [0.05, 0.1) is 31.9 Å². The van der Waals surface area contributed by atoms with E-state index in [1.807, 2.05) is 49.6 Å². The number of fused-ring (bicyclic) bond motifs is 1. The average molecular weight is 530 g/mol. The Balaban J connectivity index is 1.33. The zero-order valence-corrected chi connectivity index (χ0v) is 21.6. The number of aromatic amines is 1. The summed E-state index contributed by atoms with van der Waals surface area (Å²) in [5, 5.41) is 18.2. The number of thiophene rings is 2. The van der Waals surface area contributed by atoms with E-state index in [1.54, 1.807) is 42.5 Å². The maximum Gasteiger partial charge on any atom is 0.265 e. The van der Waals surface area contributed by atoms with Crippen molar-refractivity contribution in [1.29, 1.82) is 0 Å². The number of hydrogen-bond acceptors (Lipinski definition) is 6. The minimum Gasteiger partial charge on any atom is -0.342 e. The monoisotopic (exact) mass is 529 g/mol. The molecule has 0 aliphatic carbocycles. The van der Waals surface area contributed by atoms with E-state index in [2.05, 4.69) is 26.1 Å². The Morgan fingerprint density at radius 1 is 0.838 bits per heavy atom. The van der Waals surface area contributed by atoms with Crippen molar-refractivity contribution >= 4 is 62.1 Å². The van der Waals surface area contributed by atoms with Gasteiger partial charge in [-0.3, -0.25) is 19.5 Å². The molecule has 4 N–H and O–H groups in total. The van der Waals surface area contributed by atoms with Gasteiger partial charge in [-0.15, -0.1) is 22.7 Å². The van der Waals surface area contributed by atoms with E-state index >= 15 is 0 Å². The van der Waals surface area contributed by atoms with Gasteiger partial charge in [-0.25, -0.2) is 0 Å². The predicted molar refractivity (Wildman–Crippen MR) is 148 cm³/mol. The second kappa shape index (κ2) is 10.00. The largest absolute Gasteiger partial charge is 0.342 e. The molecule has 3 heterocycles. The number of para-hydroxylation sites is 1. The summed E-state index contributed by atoms with van der Waals surface area (Å²) in [7, 11) is 0. The number of aromatic nitrogens is 2. The van der Waals surface area contributed by atoms with E-state index in [9.17, 15) is 14.4 Å². The zero-order chi connectivity index (χ0) is 26.0. The lowest BCUT2D eigenvalue weighted by Gasteiger charge is -2.26. The Hall–Kier alpha value is -4.28. The molecule has 0 radical (unpaired) electrons. The lowest BCUT2D eigenvalue weighted by Crippen LogP contribution is -2.40. The molecule has 0 saturated heterocycles. The second-order valence-corrected chi connectivity index (χ2v) is 10.8. The minimum atomic E-state index is -0.567. The number of anilines is 2. The Morgan fingerprint density at radius 2 is 1.59 bits per heavy atom. The van der Waals surface area contributed by atoms with E-state index in [1.165, 1.54) is 22.7 Å². The number of H-pyrrole nitrogens is 1. The number of carbonyl (C=O) groups is 3. The van der Waals surface area contributed by atoms with Gasteiger partial charge in [0.25, 0.3) is 17.7 Å². The lowest BCUT2D eigenvalue weighted by atomic mass is 9.94. The minimum absolute atomic E-state index is 0.220. The van der Waals surface area contributed by atoms with Gasteiger partial charge in [0.2, 0.25) is 0 Å². The average Bonchev–Trinajstić information content (AvgIpc) is 3.64. The normalized spacial score (nSPS) is 11.3. The van der Waals surface area contributed by atoms with Crippen LogP contribution in [0, 0.1) is 0 Å². The maximum absolute atomic E-state index is 13.1. The Kier molecular flexibility index (Phi) is 6.60. The Bertz CT molecular complexity index is 1590. The fourth-order valence-electron chi connectivity index (χ4n) is 3.85. The van der Waals surface area contributed by atoms with Crippen LogP contribution in [-0.4, -0.2) is 27.9 Å². The molecular formula is C27H23N5O3S2. The predicted octanol–water partition coefficient (Wildman–Crippen LogP) is 5.86. The molecule has 0 aliphatic rings. The quantitative estimate of drug-likeness (QED) is 0.211. The van der Waals surface area contributed by atoms with E-state index < -0.39 is 11.4 Å². The van der Waals surface area contributed by atoms with Crippen LogP contribution in [-0.2, 0) is 5.54 Å². The SMILES string of the molecule is CC(C)(NC(=O)c1cc2c(NC(=O)c3ccccc3NC(=O)c3cccs3)n[nH]c2s1)c1ccccc1. The van der Waals surface area contributed by atoms with Crippen molar-refractivity contribution in [2.45, 2.75) is 19.4 Å². The van der Waals surface area contributed by atoms with Crippen molar-refractivity contribution < 1.29 is 14.4 Å². The summed E-state index contributed by atoms with van der Waals surface area (Å²) < 4.78 is 0. The Morgan fingerprint density at radius 3 is 2.35 bits per heavy atom. The van der Waals surface area contributed by atoms with Crippen molar-refractivity contribution in [2.24, 2.45) is 0 Å². The van der Waals surface area contributed by atoms with Gasteiger partial charge in [-0.1, -0.05) is 48.5 Å². The highest BCUT2D eigenvalue weighted by Gasteiger charge is 2.25. The first-order valence-corrected chi connectivity index (χ1v) is 13.1. The molecule has 8 nitrogen and oxygen atoms in total. The molecule has 5 aromatic rings. The van der Waals surface area contributed by atoms with E-state index in [0.29, 0.717) is 37.0 Å². The topological polar surface area (TPSA) is 116 Å². The first-order valence-electron chi connectivity index (χ1n) is 11.4. The fourth-order valence-corrected chi connectivity index (χ4v) is 5.37. The molecule has 186 valence electrons. The van der Waals surface area contributed by atoms with Gasteiger partial charge in [-0.05, 0) is 49.1 Å². The summed E-state index contributed by atoms with van der Waals surface area (Å²) in [5.74, 6) is -0.637. The summed E-state index contributed by atoms with van der Waals surface area (Å²) in [6.07, 6.45) is 0. The molecule has 0 aliphatic heterocycles. The van der Waals surface area contributed by atoms with Crippen LogP contribution in [0.5, 0.6) is 0 Å². The molecule has 37 heavy (non-hydrogen) atoms. The summed E-state index contributed by atoms with van der Waals surface area (Å²) in [4.78, 5) is 40.4. The van der Waals surface area contributed by atoms with Gasteiger partial charge >= 0.3 is 0 Å². The molecule has 0 fully saturated rings. The number of amides is 3. The third-order valence-corrected chi connectivity index (χ3v) is 7.71. The molecule has 10 heteroatoms. The van der Waals surface area contributed by atoms with Crippen molar-refractivity contribution in [2.75, 3.05) is 10.6 Å². The summed E-state index contributed by atoms with van der Waals surface area (Å²) in [6, 6.07) is 21.7. The summed E-state index contributed by atoms with van der Waals surface area (Å²) >= 11 is 2.58. The van der Waals surface area contributed by atoms with Gasteiger partial charge in [0.15, 0.2) is 5.82 Å². The number of hydrogen-bond donors (Lipinski definition) is 4. The van der Waals surface area contributed by atoms with E-state index in [4.69, 9.17) is 0 Å².